The molecule has 1 heterocycles. The lowest BCUT2D eigenvalue weighted by atomic mass is 9.84. The molecule has 1 aliphatic heterocycles. The molecule has 2 nitrogen and oxygen atoms in total. The summed E-state index contributed by atoms with van der Waals surface area (Å²) in [4.78, 5) is 2.82. The Kier molecular flexibility index (Phi) is 4.71. The molecule has 0 amide bonds. The smallest absolute Gasteiger partial charge is 0.0244 e. The van der Waals surface area contributed by atoms with Crippen LogP contribution in [0.15, 0.2) is 0 Å². The first-order chi connectivity index (χ1) is 8.48. The minimum absolute atomic E-state index is 0.378. The zero-order valence-electron chi connectivity index (χ0n) is 12.8. The van der Waals surface area contributed by atoms with Gasteiger partial charge in [-0.05, 0) is 25.2 Å². The molecule has 2 unspecified atom stereocenters. The lowest BCUT2D eigenvalue weighted by Crippen LogP contribution is -2.61. The van der Waals surface area contributed by atoms with E-state index in [0.717, 1.165) is 6.04 Å². The van der Waals surface area contributed by atoms with Crippen molar-refractivity contribution in [1.29, 1.82) is 0 Å². The molecule has 2 atom stereocenters. The van der Waals surface area contributed by atoms with Crippen LogP contribution >= 0.6 is 0 Å². The number of piperazine rings is 1. The summed E-state index contributed by atoms with van der Waals surface area (Å²) < 4.78 is 0. The zero-order valence-corrected chi connectivity index (χ0v) is 12.8. The molecule has 106 valence electrons. The van der Waals surface area contributed by atoms with Crippen LogP contribution in [0, 0.1) is 5.41 Å². The van der Waals surface area contributed by atoms with E-state index in [-0.39, 0.29) is 0 Å². The van der Waals surface area contributed by atoms with Crippen LogP contribution in [0.3, 0.4) is 0 Å². The lowest BCUT2D eigenvalue weighted by molar-refractivity contribution is 0.0510. The summed E-state index contributed by atoms with van der Waals surface area (Å²) >= 11 is 0. The summed E-state index contributed by atoms with van der Waals surface area (Å²) in [6.07, 6.45) is 8.67. The molecule has 2 fully saturated rings. The minimum Gasteiger partial charge on any atom is -0.311 e. The Labute approximate surface area is 114 Å². The summed E-state index contributed by atoms with van der Waals surface area (Å²) in [7, 11) is 0. The van der Waals surface area contributed by atoms with E-state index in [4.69, 9.17) is 0 Å². The van der Waals surface area contributed by atoms with Gasteiger partial charge in [-0.3, -0.25) is 4.90 Å². The van der Waals surface area contributed by atoms with Crippen molar-refractivity contribution in [1.82, 2.24) is 10.2 Å². The Balaban J connectivity index is 2.00. The van der Waals surface area contributed by atoms with Crippen molar-refractivity contribution in [2.24, 2.45) is 5.41 Å². The third-order valence-corrected chi connectivity index (χ3v) is 4.96. The number of rotatable bonds is 1. The van der Waals surface area contributed by atoms with Crippen molar-refractivity contribution in [2.45, 2.75) is 84.3 Å². The predicted octanol–water partition coefficient (Wildman–Crippen LogP) is 3.42. The fourth-order valence-electron chi connectivity index (χ4n) is 3.56. The van der Waals surface area contributed by atoms with Gasteiger partial charge in [0.25, 0.3) is 0 Å². The Morgan fingerprint density at radius 3 is 2.17 bits per heavy atom. The summed E-state index contributed by atoms with van der Waals surface area (Å²) in [6.45, 7) is 11.9. The van der Waals surface area contributed by atoms with Crippen molar-refractivity contribution in [2.75, 3.05) is 13.1 Å². The molecule has 2 aliphatic rings. The highest BCUT2D eigenvalue weighted by Gasteiger charge is 2.35. The first-order valence-corrected chi connectivity index (χ1v) is 7.97. The molecule has 1 aliphatic carbocycles. The fourth-order valence-corrected chi connectivity index (χ4v) is 3.56. The van der Waals surface area contributed by atoms with Gasteiger partial charge in [-0.1, -0.05) is 46.5 Å². The predicted molar refractivity (Wildman–Crippen MR) is 78.9 cm³/mol. The molecule has 0 aromatic heterocycles. The van der Waals surface area contributed by atoms with E-state index in [1.807, 2.05) is 0 Å². The molecule has 1 saturated heterocycles. The first kappa shape index (κ1) is 14.3. The van der Waals surface area contributed by atoms with Crippen LogP contribution in [0.5, 0.6) is 0 Å². The molecule has 0 radical (unpaired) electrons. The van der Waals surface area contributed by atoms with Gasteiger partial charge in [-0.2, -0.15) is 0 Å². The first-order valence-electron chi connectivity index (χ1n) is 7.97. The second-order valence-electron chi connectivity index (χ2n) is 7.52. The second-order valence-corrected chi connectivity index (χ2v) is 7.52. The van der Waals surface area contributed by atoms with Crippen molar-refractivity contribution in [3.63, 3.8) is 0 Å². The molecule has 18 heavy (non-hydrogen) atoms. The minimum atomic E-state index is 0.378. The van der Waals surface area contributed by atoms with Gasteiger partial charge in [-0.15, -0.1) is 0 Å². The SMILES string of the molecule is CC1CNC(C(C)(C)C)CN1C1CCCCCC1. The van der Waals surface area contributed by atoms with Crippen molar-refractivity contribution < 1.29 is 0 Å². The van der Waals surface area contributed by atoms with Crippen molar-refractivity contribution in [3.05, 3.63) is 0 Å². The average molecular weight is 252 g/mol. The monoisotopic (exact) mass is 252 g/mol. The third kappa shape index (κ3) is 3.48. The molecule has 0 spiro atoms. The summed E-state index contributed by atoms with van der Waals surface area (Å²) in [5.74, 6) is 0. The van der Waals surface area contributed by atoms with Gasteiger partial charge >= 0.3 is 0 Å². The normalized spacial score (nSPS) is 33.3. The van der Waals surface area contributed by atoms with Crippen LogP contribution < -0.4 is 5.32 Å². The van der Waals surface area contributed by atoms with Crippen LogP contribution in [0.1, 0.15) is 66.2 Å². The van der Waals surface area contributed by atoms with Crippen LogP contribution in [-0.2, 0) is 0 Å². The summed E-state index contributed by atoms with van der Waals surface area (Å²) in [5.41, 5.74) is 0.378. The van der Waals surface area contributed by atoms with E-state index in [1.165, 1.54) is 51.6 Å². The van der Waals surface area contributed by atoms with E-state index >= 15 is 0 Å². The van der Waals surface area contributed by atoms with E-state index in [2.05, 4.69) is 37.9 Å². The highest BCUT2D eigenvalue weighted by molar-refractivity contribution is 4.93. The van der Waals surface area contributed by atoms with Crippen LogP contribution in [-0.4, -0.2) is 36.1 Å². The zero-order chi connectivity index (χ0) is 13.2. The number of nitrogens with zero attached hydrogens (tertiary/aromatic N) is 1. The standard InChI is InChI=1S/C16H32N2/c1-13-11-17-15(16(2,3)4)12-18(13)14-9-7-5-6-8-10-14/h13-15,17H,5-12H2,1-4H3. The maximum Gasteiger partial charge on any atom is 0.0244 e. The van der Waals surface area contributed by atoms with Crippen molar-refractivity contribution in [3.8, 4) is 0 Å². The van der Waals surface area contributed by atoms with Crippen molar-refractivity contribution >= 4 is 0 Å². The summed E-state index contributed by atoms with van der Waals surface area (Å²) in [6, 6.07) is 2.22. The molecule has 1 saturated carbocycles. The van der Waals surface area contributed by atoms with Gasteiger partial charge in [-0.25, -0.2) is 0 Å². The van der Waals surface area contributed by atoms with E-state index in [1.54, 1.807) is 0 Å². The Hall–Kier alpha value is -0.0800. The average Bonchev–Trinajstić information content (AvgIpc) is 2.56. The van der Waals surface area contributed by atoms with E-state index in [9.17, 15) is 0 Å². The van der Waals surface area contributed by atoms with Crippen LogP contribution in [0.25, 0.3) is 0 Å². The Morgan fingerprint density at radius 2 is 1.61 bits per heavy atom. The quantitative estimate of drug-likeness (QED) is 0.719. The van der Waals surface area contributed by atoms with Crippen LogP contribution in [0.4, 0.5) is 0 Å². The van der Waals surface area contributed by atoms with Gasteiger partial charge in [0.05, 0.1) is 0 Å². The van der Waals surface area contributed by atoms with Gasteiger partial charge in [0.1, 0.15) is 0 Å². The Bertz CT molecular complexity index is 248. The molecular formula is C16H32N2. The molecule has 2 heteroatoms. The van der Waals surface area contributed by atoms with E-state index in [0.29, 0.717) is 17.5 Å². The van der Waals surface area contributed by atoms with Gasteiger partial charge in [0.2, 0.25) is 0 Å². The molecule has 0 aromatic rings. The van der Waals surface area contributed by atoms with Gasteiger partial charge < -0.3 is 5.32 Å². The molecule has 0 bridgehead atoms. The van der Waals surface area contributed by atoms with E-state index < -0.39 is 0 Å². The topological polar surface area (TPSA) is 15.3 Å². The van der Waals surface area contributed by atoms with Gasteiger partial charge in [0.15, 0.2) is 0 Å². The molecular weight excluding hydrogens is 220 g/mol. The fraction of sp³-hybridized carbons (Fsp3) is 1.00. The number of nitrogens with one attached hydrogen (secondary N) is 1. The molecule has 0 aromatic carbocycles. The highest BCUT2D eigenvalue weighted by Crippen LogP contribution is 2.29. The largest absolute Gasteiger partial charge is 0.311 e. The summed E-state index contributed by atoms with van der Waals surface area (Å²) in [5, 5.41) is 3.75. The van der Waals surface area contributed by atoms with Crippen LogP contribution in [0.2, 0.25) is 0 Å². The Morgan fingerprint density at radius 1 is 1.00 bits per heavy atom. The maximum atomic E-state index is 3.75. The highest BCUT2D eigenvalue weighted by atomic mass is 15.3. The lowest BCUT2D eigenvalue weighted by Gasteiger charge is -2.47. The molecule has 1 N–H and O–H groups in total. The number of hydrogen-bond acceptors (Lipinski definition) is 2. The maximum absolute atomic E-state index is 3.75. The molecule has 2 rings (SSSR count). The second kappa shape index (κ2) is 5.92. The third-order valence-electron chi connectivity index (χ3n) is 4.96. The number of hydrogen-bond donors (Lipinski definition) is 1. The van der Waals surface area contributed by atoms with Gasteiger partial charge in [0, 0.05) is 31.2 Å².